The molecule has 4 aliphatic rings. The van der Waals surface area contributed by atoms with Crippen LogP contribution in [0.1, 0.15) is 103 Å². The summed E-state index contributed by atoms with van der Waals surface area (Å²) in [6.07, 6.45) is -14.8. The lowest BCUT2D eigenvalue weighted by Gasteiger charge is -2.44. The van der Waals surface area contributed by atoms with Gasteiger partial charge in [0.25, 0.3) is 0 Å². The van der Waals surface area contributed by atoms with Gasteiger partial charge < -0.3 is 121 Å². The Bertz CT molecular complexity index is 4030. The minimum atomic E-state index is -2.15. The average molecular weight is 1160 g/mol. The number of phenolic OH excluding ortho intramolecular Hbond substituents is 16. The Labute approximate surface area is 472 Å². The zero-order chi connectivity index (χ0) is 59.8. The van der Waals surface area contributed by atoms with Crippen molar-refractivity contribution in [1.82, 2.24) is 0 Å². The Morgan fingerprint density at radius 2 is 0.583 bits per heavy atom. The minimum Gasteiger partial charge on any atom is -0.508 e. The molecule has 434 valence electrons. The quantitative estimate of drug-likeness (QED) is 0.0827. The molecule has 0 aliphatic carbocycles. The van der Waals surface area contributed by atoms with E-state index in [0.29, 0.717) is 0 Å². The van der Waals surface area contributed by atoms with Crippen molar-refractivity contribution in [3.05, 3.63) is 164 Å². The summed E-state index contributed by atoms with van der Waals surface area (Å²) in [5.74, 6) is -19.0. The largest absolute Gasteiger partial charge is 0.508 e. The van der Waals surface area contributed by atoms with Gasteiger partial charge in [-0.2, -0.15) is 0 Å². The van der Waals surface area contributed by atoms with E-state index < -0.39 is 210 Å². The van der Waals surface area contributed by atoms with Crippen LogP contribution in [-0.4, -0.2) is 127 Å². The first-order chi connectivity index (χ1) is 39.9. The second kappa shape index (κ2) is 19.7. The van der Waals surface area contributed by atoms with Crippen molar-refractivity contribution in [2.75, 3.05) is 0 Å². The number of aromatic hydroxyl groups is 16. The van der Waals surface area contributed by atoms with Gasteiger partial charge in [0.05, 0.1) is 23.9 Å². The molecule has 0 bridgehead atoms. The number of fused-ring (bicyclic) bond motifs is 4. The first-order valence-electron chi connectivity index (χ1n) is 25.7. The van der Waals surface area contributed by atoms with Gasteiger partial charge in [-0.15, -0.1) is 0 Å². The Balaban J connectivity index is 1.14. The van der Waals surface area contributed by atoms with E-state index in [9.17, 15) is 102 Å². The molecule has 0 saturated carbocycles. The van der Waals surface area contributed by atoms with Crippen LogP contribution in [0.5, 0.6) is 115 Å². The molecule has 0 radical (unpaired) electrons. The molecule has 0 fully saturated rings. The zero-order valence-electron chi connectivity index (χ0n) is 43.0. The van der Waals surface area contributed by atoms with Crippen molar-refractivity contribution >= 4 is 0 Å². The third-order valence-corrected chi connectivity index (χ3v) is 16.0. The first-order valence-corrected chi connectivity index (χ1v) is 25.7. The minimum absolute atomic E-state index is 0.00111. The first kappa shape index (κ1) is 54.2. The van der Waals surface area contributed by atoms with E-state index in [-0.39, 0.29) is 39.1 Å². The van der Waals surface area contributed by atoms with E-state index >= 15 is 0 Å². The molecule has 4 aliphatic heterocycles. The monoisotopic (exact) mass is 1150 g/mol. The van der Waals surface area contributed by atoms with Gasteiger partial charge in [-0.25, -0.2) is 0 Å². The number of aliphatic hydroxyl groups excluding tert-OH is 4. The number of phenols is 16. The van der Waals surface area contributed by atoms with Crippen molar-refractivity contribution in [3.63, 3.8) is 0 Å². The van der Waals surface area contributed by atoms with Crippen LogP contribution < -0.4 is 18.9 Å². The molecule has 0 amide bonds. The molecular formula is C60H50O24. The van der Waals surface area contributed by atoms with Crippen molar-refractivity contribution in [2.24, 2.45) is 0 Å². The van der Waals surface area contributed by atoms with Crippen LogP contribution in [0.2, 0.25) is 0 Å². The van der Waals surface area contributed by atoms with E-state index in [0.717, 1.165) is 78.9 Å². The van der Waals surface area contributed by atoms with E-state index in [1.807, 2.05) is 0 Å². The fourth-order valence-electron chi connectivity index (χ4n) is 12.2. The van der Waals surface area contributed by atoms with Crippen LogP contribution in [0.3, 0.4) is 0 Å². The smallest absolute Gasteiger partial charge is 0.157 e. The van der Waals surface area contributed by atoms with E-state index in [4.69, 9.17) is 18.9 Å². The maximum Gasteiger partial charge on any atom is 0.157 e. The number of hydrogen-bond acceptors (Lipinski definition) is 24. The molecule has 20 N–H and O–H groups in total. The van der Waals surface area contributed by atoms with Crippen LogP contribution in [0.25, 0.3) is 0 Å². The third-order valence-electron chi connectivity index (χ3n) is 16.0. The average Bonchev–Trinajstić information content (AvgIpc) is 1.45. The van der Waals surface area contributed by atoms with Gasteiger partial charge in [-0.05, 0) is 70.8 Å². The lowest BCUT2D eigenvalue weighted by atomic mass is 9.72. The number of hydrogen-bond donors (Lipinski definition) is 20. The highest BCUT2D eigenvalue weighted by molar-refractivity contribution is 5.73. The second-order valence-electron chi connectivity index (χ2n) is 21.0. The molecule has 0 aromatic heterocycles. The molecular weight excluding hydrogens is 1100 g/mol. The molecule has 84 heavy (non-hydrogen) atoms. The summed E-state index contributed by atoms with van der Waals surface area (Å²) in [4.78, 5) is 0. The molecule has 8 aromatic rings. The Hall–Kier alpha value is -10.4. The summed E-state index contributed by atoms with van der Waals surface area (Å²) >= 11 is 0. The molecule has 4 heterocycles. The summed E-state index contributed by atoms with van der Waals surface area (Å²) < 4.78 is 25.8. The van der Waals surface area contributed by atoms with Gasteiger partial charge in [-0.1, -0.05) is 24.3 Å². The standard InChI is InChI=1S/C60H50O24/c61-23-13-34(71)42-41(14-23)81-55(20-2-6-26(63)31(68)10-20)51(78)48(42)44-36(73)17-38(75)46-50(53(80)57(83-59(44)46)22-4-8-28(65)33(70)12-22)47-39(76)18-37(74)45-49(52(79)56(84-60(45)47)21-3-7-27(64)32(69)11-21)43-35(72)16-29(66)24-15-40(77)54(82-58(24)43)19-1-5-25(62)30(67)9-19/h1-14,16-18,40,48-57,61-80H,15H2/t40-,48-,49+,50-,51-,52-,53-,54+,55+,56+,57+/m0/s1. The molecule has 11 atom stereocenters. The topological polar surface area (TPSA) is 442 Å². The predicted molar refractivity (Wildman–Crippen MR) is 285 cm³/mol. The molecule has 8 aromatic carbocycles. The van der Waals surface area contributed by atoms with E-state index in [1.165, 1.54) is 24.3 Å². The van der Waals surface area contributed by atoms with Gasteiger partial charge in [0.15, 0.2) is 64.3 Å². The summed E-state index contributed by atoms with van der Waals surface area (Å²) in [5.41, 5.74) is -3.20. The van der Waals surface area contributed by atoms with Crippen LogP contribution in [0.4, 0.5) is 0 Å². The van der Waals surface area contributed by atoms with Crippen LogP contribution in [0, 0.1) is 0 Å². The van der Waals surface area contributed by atoms with Gasteiger partial charge in [0.2, 0.25) is 0 Å². The van der Waals surface area contributed by atoms with Crippen LogP contribution in [0.15, 0.2) is 103 Å². The molecule has 0 unspecified atom stereocenters. The van der Waals surface area contributed by atoms with Gasteiger partial charge in [0, 0.05) is 75.7 Å². The van der Waals surface area contributed by atoms with Gasteiger partial charge in [0.1, 0.15) is 93.4 Å². The number of aliphatic hydroxyl groups is 4. The van der Waals surface area contributed by atoms with Crippen LogP contribution in [-0.2, 0) is 6.42 Å². The third kappa shape index (κ3) is 8.44. The molecule has 0 saturated heterocycles. The maximum absolute atomic E-state index is 13.1. The highest BCUT2D eigenvalue weighted by Crippen LogP contribution is 2.65. The molecule has 12 rings (SSSR count). The fourth-order valence-corrected chi connectivity index (χ4v) is 12.2. The normalized spacial score (nSPS) is 24.0. The predicted octanol–water partition coefficient (Wildman–Crippen LogP) is 5.89. The Morgan fingerprint density at radius 3 is 0.964 bits per heavy atom. The lowest BCUT2D eigenvalue weighted by molar-refractivity contribution is -0.00858. The summed E-state index contributed by atoms with van der Waals surface area (Å²) in [6.45, 7) is 0. The van der Waals surface area contributed by atoms with Crippen molar-refractivity contribution < 1.29 is 121 Å². The summed E-state index contributed by atoms with van der Waals surface area (Å²) in [7, 11) is 0. The Kier molecular flexibility index (Phi) is 12.7. The number of rotatable bonds is 7. The number of benzene rings is 8. The van der Waals surface area contributed by atoms with E-state index in [1.54, 1.807) is 0 Å². The highest BCUT2D eigenvalue weighted by atomic mass is 16.5. The van der Waals surface area contributed by atoms with Crippen molar-refractivity contribution in [1.29, 1.82) is 0 Å². The van der Waals surface area contributed by atoms with Crippen molar-refractivity contribution in [3.8, 4) is 115 Å². The fraction of sp³-hybridized carbons (Fsp3) is 0.200. The Morgan fingerprint density at radius 1 is 0.274 bits per heavy atom. The zero-order valence-corrected chi connectivity index (χ0v) is 43.0. The van der Waals surface area contributed by atoms with Gasteiger partial charge >= 0.3 is 0 Å². The van der Waals surface area contributed by atoms with Crippen LogP contribution >= 0.6 is 0 Å². The maximum atomic E-state index is 13.1. The molecule has 24 nitrogen and oxygen atoms in total. The summed E-state index contributed by atoms with van der Waals surface area (Å²) in [6, 6.07) is 17.7. The van der Waals surface area contributed by atoms with E-state index in [2.05, 4.69) is 0 Å². The second-order valence-corrected chi connectivity index (χ2v) is 21.0. The van der Waals surface area contributed by atoms with Crippen molar-refractivity contribution in [2.45, 2.75) is 73.0 Å². The van der Waals surface area contributed by atoms with Gasteiger partial charge in [-0.3, -0.25) is 0 Å². The molecule has 0 spiro atoms. The lowest BCUT2D eigenvalue weighted by Crippen LogP contribution is -2.40. The highest BCUT2D eigenvalue weighted by Gasteiger charge is 2.53. The SMILES string of the molecule is Oc1cc(O)c2c(c1)O[C@H](c1ccc(O)c(O)c1)[C@@H](O)[C@@H]2c1c(O)cc(O)c2c1O[C@H](c1ccc(O)c(O)c1)[C@@H](O)[C@@H]2c1c(O)cc(O)c2c1O[C@H](c1ccc(O)c(O)c1)[C@@H](O)[C@@H]2c1c(O)cc(O)c2c1O[C@H](c1ccc(O)c(O)c1)[C@@H](O)C2. The summed E-state index contributed by atoms with van der Waals surface area (Å²) in [5, 5.41) is 229. The molecule has 24 heteroatoms. The number of ether oxygens (including phenoxy) is 4.